The molecular weight excluding hydrogens is 360 g/mol. The fraction of sp³-hybridized carbons (Fsp3) is 0.250. The lowest BCUT2D eigenvalue weighted by Crippen LogP contribution is -2.40. The normalized spacial score (nSPS) is 13.6. The molecule has 8 heteroatoms. The lowest BCUT2D eigenvalue weighted by Gasteiger charge is -2.26. The van der Waals surface area contributed by atoms with Gasteiger partial charge in [0, 0.05) is 30.0 Å². The summed E-state index contributed by atoms with van der Waals surface area (Å²) in [6.07, 6.45) is 0. The van der Waals surface area contributed by atoms with E-state index >= 15 is 0 Å². The number of ether oxygens (including phenoxy) is 1. The van der Waals surface area contributed by atoms with Crippen molar-refractivity contribution >= 4 is 29.1 Å². The van der Waals surface area contributed by atoms with Gasteiger partial charge >= 0.3 is 0 Å². The van der Waals surface area contributed by atoms with Gasteiger partial charge in [-0.1, -0.05) is 12.1 Å². The third-order valence-corrected chi connectivity index (χ3v) is 4.35. The van der Waals surface area contributed by atoms with E-state index in [4.69, 9.17) is 10.5 Å². The van der Waals surface area contributed by atoms with E-state index in [2.05, 4.69) is 10.6 Å². The largest absolute Gasteiger partial charge is 0.378 e. The SMILES string of the molecule is NC(=O)c1ccccc1NCC(=O)Nc1ccc(C(=O)N2CCOCC2)cc1. The minimum absolute atomic E-state index is 0.0290. The molecule has 0 bridgehead atoms. The predicted molar refractivity (Wildman–Crippen MR) is 105 cm³/mol. The zero-order valence-corrected chi connectivity index (χ0v) is 15.3. The summed E-state index contributed by atoms with van der Waals surface area (Å²) in [5.41, 5.74) is 7.28. The molecule has 1 saturated heterocycles. The molecule has 8 nitrogen and oxygen atoms in total. The van der Waals surface area contributed by atoms with Crippen molar-refractivity contribution in [2.45, 2.75) is 0 Å². The van der Waals surface area contributed by atoms with Crippen LogP contribution in [-0.2, 0) is 9.53 Å². The van der Waals surface area contributed by atoms with E-state index in [0.29, 0.717) is 48.8 Å². The summed E-state index contributed by atoms with van der Waals surface area (Å²) in [5.74, 6) is -0.901. The van der Waals surface area contributed by atoms with Crippen molar-refractivity contribution in [2.24, 2.45) is 5.73 Å². The van der Waals surface area contributed by atoms with Gasteiger partial charge in [-0.3, -0.25) is 14.4 Å². The highest BCUT2D eigenvalue weighted by Gasteiger charge is 2.18. The summed E-state index contributed by atoms with van der Waals surface area (Å²) >= 11 is 0. The highest BCUT2D eigenvalue weighted by atomic mass is 16.5. The van der Waals surface area contributed by atoms with Crippen molar-refractivity contribution < 1.29 is 19.1 Å². The van der Waals surface area contributed by atoms with Gasteiger partial charge in [0.15, 0.2) is 0 Å². The van der Waals surface area contributed by atoms with E-state index < -0.39 is 5.91 Å². The molecule has 1 aliphatic rings. The number of hydrogen-bond donors (Lipinski definition) is 3. The van der Waals surface area contributed by atoms with Crippen LogP contribution in [0.25, 0.3) is 0 Å². The molecule has 0 aromatic heterocycles. The smallest absolute Gasteiger partial charge is 0.254 e. The Morgan fingerprint density at radius 1 is 1.00 bits per heavy atom. The van der Waals surface area contributed by atoms with Crippen molar-refractivity contribution in [1.29, 1.82) is 0 Å². The molecule has 1 aliphatic heterocycles. The highest BCUT2D eigenvalue weighted by molar-refractivity contribution is 6.00. The third kappa shape index (κ3) is 4.86. The molecule has 0 spiro atoms. The minimum Gasteiger partial charge on any atom is -0.378 e. The van der Waals surface area contributed by atoms with Crippen molar-refractivity contribution in [2.75, 3.05) is 43.5 Å². The van der Waals surface area contributed by atoms with Gasteiger partial charge in [-0.05, 0) is 36.4 Å². The van der Waals surface area contributed by atoms with Gasteiger partial charge in [-0.2, -0.15) is 0 Å². The fourth-order valence-corrected chi connectivity index (χ4v) is 2.88. The Bertz CT molecular complexity index is 861. The number of primary amides is 1. The molecule has 28 heavy (non-hydrogen) atoms. The Balaban J connectivity index is 1.54. The number of nitrogens with one attached hydrogen (secondary N) is 2. The van der Waals surface area contributed by atoms with Crippen LogP contribution in [0.1, 0.15) is 20.7 Å². The number of nitrogens with two attached hydrogens (primary N) is 1. The van der Waals surface area contributed by atoms with Gasteiger partial charge in [0.05, 0.1) is 25.3 Å². The number of para-hydroxylation sites is 1. The molecule has 4 N–H and O–H groups in total. The van der Waals surface area contributed by atoms with Crippen LogP contribution in [0, 0.1) is 0 Å². The van der Waals surface area contributed by atoms with Gasteiger partial charge in [-0.25, -0.2) is 0 Å². The first kappa shape index (κ1) is 19.4. The van der Waals surface area contributed by atoms with Gasteiger partial charge in [0.25, 0.3) is 11.8 Å². The number of rotatable bonds is 6. The molecular formula is C20H22N4O4. The number of nitrogens with zero attached hydrogens (tertiary/aromatic N) is 1. The van der Waals surface area contributed by atoms with Gasteiger partial charge in [-0.15, -0.1) is 0 Å². The van der Waals surface area contributed by atoms with E-state index in [1.165, 1.54) is 0 Å². The molecule has 1 heterocycles. The monoisotopic (exact) mass is 382 g/mol. The molecule has 0 unspecified atom stereocenters. The number of morpholine rings is 1. The van der Waals surface area contributed by atoms with Crippen LogP contribution < -0.4 is 16.4 Å². The van der Waals surface area contributed by atoms with Crippen molar-refractivity contribution in [3.8, 4) is 0 Å². The zero-order valence-electron chi connectivity index (χ0n) is 15.3. The molecule has 3 amide bonds. The molecule has 146 valence electrons. The van der Waals surface area contributed by atoms with Gasteiger partial charge < -0.3 is 26.0 Å². The van der Waals surface area contributed by atoms with Gasteiger partial charge in [0.1, 0.15) is 0 Å². The van der Waals surface area contributed by atoms with Crippen LogP contribution in [0.3, 0.4) is 0 Å². The molecule has 2 aromatic carbocycles. The van der Waals surface area contributed by atoms with E-state index in [0.717, 1.165) is 0 Å². The quantitative estimate of drug-likeness (QED) is 0.697. The standard InChI is InChI=1S/C20H22N4O4/c21-19(26)16-3-1-2-4-17(16)22-13-18(25)23-15-7-5-14(6-8-15)20(27)24-9-11-28-12-10-24/h1-8,22H,9-13H2,(H2,21,26)(H,23,25). The number of hydrogen-bond acceptors (Lipinski definition) is 5. The van der Waals surface area contributed by atoms with Crippen molar-refractivity contribution in [3.05, 3.63) is 59.7 Å². The maximum atomic E-state index is 12.4. The maximum absolute atomic E-state index is 12.4. The van der Waals surface area contributed by atoms with Crippen molar-refractivity contribution in [1.82, 2.24) is 4.90 Å². The van der Waals surface area contributed by atoms with Crippen LogP contribution in [0.2, 0.25) is 0 Å². The molecule has 2 aromatic rings. The number of carbonyl (C=O) groups is 3. The second-order valence-electron chi connectivity index (χ2n) is 6.29. The first-order valence-electron chi connectivity index (χ1n) is 8.94. The van der Waals surface area contributed by atoms with E-state index in [1.54, 1.807) is 53.4 Å². The molecule has 0 atom stereocenters. The summed E-state index contributed by atoms with van der Waals surface area (Å²) in [7, 11) is 0. The Morgan fingerprint density at radius 2 is 1.68 bits per heavy atom. The number of carbonyl (C=O) groups excluding carboxylic acids is 3. The maximum Gasteiger partial charge on any atom is 0.254 e. The van der Waals surface area contributed by atoms with Gasteiger partial charge in [0.2, 0.25) is 5.91 Å². The molecule has 0 aliphatic carbocycles. The Hall–Kier alpha value is -3.39. The molecule has 0 radical (unpaired) electrons. The summed E-state index contributed by atoms with van der Waals surface area (Å²) < 4.78 is 5.25. The molecule has 3 rings (SSSR count). The first-order chi connectivity index (χ1) is 13.5. The molecule has 0 saturated carbocycles. The Labute approximate surface area is 162 Å². The second-order valence-corrected chi connectivity index (χ2v) is 6.29. The topological polar surface area (TPSA) is 114 Å². The fourth-order valence-electron chi connectivity index (χ4n) is 2.88. The number of anilines is 2. The van der Waals surface area contributed by atoms with E-state index in [1.807, 2.05) is 0 Å². The highest BCUT2D eigenvalue weighted by Crippen LogP contribution is 2.15. The average molecular weight is 382 g/mol. The van der Waals surface area contributed by atoms with Crippen LogP contribution in [0.4, 0.5) is 11.4 Å². The van der Waals surface area contributed by atoms with Crippen LogP contribution >= 0.6 is 0 Å². The number of benzene rings is 2. The Kier molecular flexibility index (Phi) is 6.23. The van der Waals surface area contributed by atoms with E-state index in [9.17, 15) is 14.4 Å². The van der Waals surface area contributed by atoms with Crippen LogP contribution in [0.15, 0.2) is 48.5 Å². The third-order valence-electron chi connectivity index (χ3n) is 4.35. The summed E-state index contributed by atoms with van der Waals surface area (Å²) in [6.45, 7) is 2.22. The summed E-state index contributed by atoms with van der Waals surface area (Å²) in [5, 5.41) is 5.65. The first-order valence-corrected chi connectivity index (χ1v) is 8.94. The second kappa shape index (κ2) is 9.01. The Morgan fingerprint density at radius 3 is 2.36 bits per heavy atom. The minimum atomic E-state index is -0.566. The van der Waals surface area contributed by atoms with Crippen molar-refractivity contribution in [3.63, 3.8) is 0 Å². The lowest BCUT2D eigenvalue weighted by atomic mass is 10.1. The molecule has 1 fully saturated rings. The summed E-state index contributed by atoms with van der Waals surface area (Å²) in [4.78, 5) is 37.7. The zero-order chi connectivity index (χ0) is 19.9. The van der Waals surface area contributed by atoms with E-state index in [-0.39, 0.29) is 18.4 Å². The van der Waals surface area contributed by atoms with Crippen LogP contribution in [-0.4, -0.2) is 55.5 Å². The average Bonchev–Trinajstić information content (AvgIpc) is 2.73. The predicted octanol–water partition coefficient (Wildman–Crippen LogP) is 1.31. The summed E-state index contributed by atoms with van der Waals surface area (Å²) in [6, 6.07) is 13.5. The van der Waals surface area contributed by atoms with Crippen LogP contribution in [0.5, 0.6) is 0 Å². The number of amides is 3. The lowest BCUT2D eigenvalue weighted by molar-refractivity contribution is -0.114.